The number of hydrogen-bond donors (Lipinski definition) is 5. The summed E-state index contributed by atoms with van der Waals surface area (Å²) in [6.45, 7) is 1.66. The number of nitrogens with one attached hydrogen (secondary N) is 3. The molecule has 0 bridgehead atoms. The molecule has 0 radical (unpaired) electrons. The van der Waals surface area contributed by atoms with Crippen molar-refractivity contribution in [2.75, 3.05) is 43.6 Å². The van der Waals surface area contributed by atoms with Gasteiger partial charge in [-0.05, 0) is 73.0 Å². The number of amides is 4. The van der Waals surface area contributed by atoms with E-state index < -0.39 is 18.1 Å². The van der Waals surface area contributed by atoms with Crippen LogP contribution in [0.25, 0.3) is 0 Å². The smallest absolute Gasteiger partial charge is 0.482 e. The van der Waals surface area contributed by atoms with Gasteiger partial charge in [0.15, 0.2) is 6.61 Å². The van der Waals surface area contributed by atoms with Crippen molar-refractivity contribution < 1.29 is 56.6 Å². The molecular weight excluding hydrogens is 667 g/mol. The minimum atomic E-state index is -5.08. The van der Waals surface area contributed by atoms with Crippen LogP contribution < -0.4 is 26.6 Å². The summed E-state index contributed by atoms with van der Waals surface area (Å²) >= 11 is 0. The number of fused-ring (bicyclic) bond motifs is 1. The monoisotopic (exact) mass is 701 g/mol. The largest absolute Gasteiger partial charge is 0.490 e. The number of carbonyl (C=O) groups is 5. The lowest BCUT2D eigenvalue weighted by atomic mass is 10.1. The van der Waals surface area contributed by atoms with Gasteiger partial charge < -0.3 is 35.8 Å². The van der Waals surface area contributed by atoms with E-state index in [0.717, 1.165) is 18.4 Å². The second kappa shape index (κ2) is 17.2. The number of ether oxygens (including phenoxy) is 2. The molecule has 1 aliphatic heterocycles. The van der Waals surface area contributed by atoms with Crippen LogP contribution >= 0.6 is 0 Å². The summed E-state index contributed by atoms with van der Waals surface area (Å²) in [5.74, 6) is -3.35. The Kier molecular flexibility index (Phi) is 12.9. The Bertz CT molecular complexity index is 1680. The van der Waals surface area contributed by atoms with Gasteiger partial charge in [0.05, 0.1) is 25.5 Å². The van der Waals surface area contributed by atoms with Crippen LogP contribution in [0, 0.1) is 0 Å². The van der Waals surface area contributed by atoms with Crippen LogP contribution in [0.5, 0.6) is 5.75 Å². The highest BCUT2D eigenvalue weighted by Crippen LogP contribution is 2.33. The van der Waals surface area contributed by atoms with Gasteiger partial charge in [0.1, 0.15) is 5.75 Å². The lowest BCUT2D eigenvalue weighted by molar-refractivity contribution is -0.192. The van der Waals surface area contributed by atoms with Crippen LogP contribution in [0.4, 0.5) is 24.5 Å². The van der Waals surface area contributed by atoms with Crippen LogP contribution in [0.2, 0.25) is 0 Å². The zero-order chi connectivity index (χ0) is 36.3. The SMILES string of the molecule is NCCOCCONC(=O)c1ccc(NC(=O)c2ccc(CN(C(=O)c3ccc4c(c3)OCC(=O)N4)C3CC3)cc2)cc1.O=C(O)C(F)(F)F. The van der Waals surface area contributed by atoms with E-state index in [1.165, 1.54) is 0 Å². The van der Waals surface area contributed by atoms with Gasteiger partial charge in [-0.15, -0.1) is 0 Å². The van der Waals surface area contributed by atoms with Crippen LogP contribution in [0.15, 0.2) is 66.7 Å². The molecule has 5 rings (SSSR count). The predicted molar refractivity (Wildman–Crippen MR) is 171 cm³/mol. The minimum absolute atomic E-state index is 0.0815. The maximum absolute atomic E-state index is 13.4. The van der Waals surface area contributed by atoms with Crippen molar-refractivity contribution in [1.82, 2.24) is 10.4 Å². The Morgan fingerprint density at radius 1 is 0.920 bits per heavy atom. The summed E-state index contributed by atoms with van der Waals surface area (Å²) in [5.41, 5.74) is 11.0. The highest BCUT2D eigenvalue weighted by Gasteiger charge is 2.38. The molecule has 4 amide bonds. The van der Waals surface area contributed by atoms with Gasteiger partial charge in [-0.1, -0.05) is 12.1 Å². The lowest BCUT2D eigenvalue weighted by Gasteiger charge is -2.24. The summed E-state index contributed by atoms with van der Waals surface area (Å²) in [4.78, 5) is 65.8. The maximum atomic E-state index is 13.4. The Morgan fingerprint density at radius 3 is 2.16 bits per heavy atom. The van der Waals surface area contributed by atoms with Gasteiger partial charge >= 0.3 is 12.1 Å². The molecule has 1 aliphatic carbocycles. The first kappa shape index (κ1) is 37.3. The molecule has 17 heteroatoms. The number of aliphatic carboxylic acids is 1. The molecule has 14 nitrogen and oxygen atoms in total. The van der Waals surface area contributed by atoms with E-state index in [1.54, 1.807) is 54.6 Å². The van der Waals surface area contributed by atoms with Crippen LogP contribution in [-0.4, -0.2) is 84.8 Å². The van der Waals surface area contributed by atoms with E-state index in [4.69, 9.17) is 29.9 Å². The molecule has 0 unspecified atom stereocenters. The van der Waals surface area contributed by atoms with E-state index >= 15 is 0 Å². The Hall–Kier alpha value is -5.52. The third kappa shape index (κ3) is 11.0. The lowest BCUT2D eigenvalue weighted by Crippen LogP contribution is -2.33. The summed E-state index contributed by atoms with van der Waals surface area (Å²) in [7, 11) is 0. The first-order valence-corrected chi connectivity index (χ1v) is 15.2. The number of anilines is 2. The molecule has 266 valence electrons. The fourth-order valence-corrected chi connectivity index (χ4v) is 4.45. The van der Waals surface area contributed by atoms with E-state index in [-0.39, 0.29) is 37.0 Å². The number of rotatable bonds is 13. The summed E-state index contributed by atoms with van der Waals surface area (Å²) in [5, 5.41) is 12.7. The third-order valence-electron chi connectivity index (χ3n) is 7.08. The molecule has 0 atom stereocenters. The van der Waals surface area contributed by atoms with Crippen LogP contribution in [-0.2, 0) is 25.7 Å². The van der Waals surface area contributed by atoms with Crippen LogP contribution in [0.3, 0.4) is 0 Å². The molecule has 3 aromatic rings. The summed E-state index contributed by atoms with van der Waals surface area (Å²) in [6.07, 6.45) is -3.22. The first-order chi connectivity index (χ1) is 23.8. The average molecular weight is 702 g/mol. The zero-order valence-corrected chi connectivity index (χ0v) is 26.5. The van der Waals surface area contributed by atoms with Crippen molar-refractivity contribution in [3.8, 4) is 5.75 Å². The zero-order valence-electron chi connectivity index (χ0n) is 26.5. The molecule has 6 N–H and O–H groups in total. The topological polar surface area (TPSA) is 199 Å². The fourth-order valence-electron chi connectivity index (χ4n) is 4.45. The fraction of sp³-hybridized carbons (Fsp3) is 0.303. The van der Waals surface area contributed by atoms with E-state index in [1.807, 2.05) is 17.0 Å². The highest BCUT2D eigenvalue weighted by molar-refractivity contribution is 6.04. The van der Waals surface area contributed by atoms with Gasteiger partial charge in [-0.2, -0.15) is 13.2 Å². The molecule has 50 heavy (non-hydrogen) atoms. The molecule has 0 spiro atoms. The molecule has 1 saturated carbocycles. The van der Waals surface area contributed by atoms with Crippen LogP contribution in [0.1, 0.15) is 49.5 Å². The van der Waals surface area contributed by atoms with Crippen molar-refractivity contribution in [2.24, 2.45) is 5.73 Å². The normalized spacial score (nSPS) is 13.4. The number of hydrogen-bond acceptors (Lipinski definition) is 9. The van der Waals surface area contributed by atoms with Gasteiger partial charge in [-0.3, -0.25) is 24.0 Å². The number of alkyl halides is 3. The third-order valence-corrected chi connectivity index (χ3v) is 7.08. The average Bonchev–Trinajstić information content (AvgIpc) is 3.94. The number of benzene rings is 3. The number of nitrogens with zero attached hydrogens (tertiary/aromatic N) is 1. The number of halogens is 3. The first-order valence-electron chi connectivity index (χ1n) is 15.2. The van der Waals surface area contributed by atoms with Crippen molar-refractivity contribution in [2.45, 2.75) is 31.6 Å². The number of carboxylic acids is 1. The van der Waals surface area contributed by atoms with E-state index in [2.05, 4.69) is 16.1 Å². The molecule has 3 aromatic carbocycles. The molecule has 2 aliphatic rings. The van der Waals surface area contributed by atoms with Crippen molar-refractivity contribution >= 4 is 41.0 Å². The van der Waals surface area contributed by atoms with Crippen molar-refractivity contribution in [1.29, 1.82) is 0 Å². The van der Waals surface area contributed by atoms with Gasteiger partial charge in [-0.25, -0.2) is 10.3 Å². The van der Waals surface area contributed by atoms with Gasteiger partial charge in [0.25, 0.3) is 23.6 Å². The van der Waals surface area contributed by atoms with Gasteiger partial charge in [0.2, 0.25) is 0 Å². The Labute approximate surface area is 283 Å². The second-order valence-electron chi connectivity index (χ2n) is 10.9. The number of hydroxylamine groups is 1. The van der Waals surface area contributed by atoms with E-state index in [9.17, 15) is 32.3 Å². The molecule has 1 heterocycles. The molecule has 0 saturated heterocycles. The standard InChI is InChI=1S/C31H33N5O7.C2HF3O2/c32-13-14-41-15-16-43-35-30(39)22-5-8-24(9-6-22)33-29(38)21-3-1-20(2-4-21)18-36(25-10-11-25)31(40)23-7-12-26-27(17-23)42-19-28(37)34-26;3-2(4,5)1(6)7/h1-9,12,17,25H,10-11,13-16,18-19,32H2,(H,33,38)(H,34,37)(H,35,39);(H,6,7). The van der Waals surface area contributed by atoms with Gasteiger partial charge in [0, 0.05) is 41.5 Å². The van der Waals surface area contributed by atoms with Crippen molar-refractivity contribution in [3.05, 3.63) is 89.0 Å². The van der Waals surface area contributed by atoms with E-state index in [0.29, 0.717) is 60.1 Å². The number of carbonyl (C=O) groups excluding carboxylic acids is 4. The molecule has 1 fully saturated rings. The number of carboxylic acid groups (broad SMARTS) is 1. The second-order valence-corrected chi connectivity index (χ2v) is 10.9. The minimum Gasteiger partial charge on any atom is -0.482 e. The van der Waals surface area contributed by atoms with Crippen molar-refractivity contribution in [3.63, 3.8) is 0 Å². The number of nitrogens with two attached hydrogens (primary N) is 1. The highest BCUT2D eigenvalue weighted by atomic mass is 19.4. The molecule has 0 aromatic heterocycles. The summed E-state index contributed by atoms with van der Waals surface area (Å²) in [6, 6.07) is 18.7. The molecular formula is C33H34F3N5O9. The predicted octanol–water partition coefficient (Wildman–Crippen LogP) is 3.34. The Balaban J connectivity index is 0.000000727. The summed E-state index contributed by atoms with van der Waals surface area (Å²) < 4.78 is 42.4. The maximum Gasteiger partial charge on any atom is 0.490 e. The quantitative estimate of drug-likeness (QED) is 0.130. The Morgan fingerprint density at radius 2 is 1.54 bits per heavy atom.